The number of hydrogen-bond acceptors (Lipinski definition) is 2. The molecule has 0 atom stereocenters. The molecule has 0 saturated heterocycles. The van der Waals surface area contributed by atoms with Gasteiger partial charge in [-0.3, -0.25) is 0 Å². The summed E-state index contributed by atoms with van der Waals surface area (Å²) in [6.45, 7) is 6.60. The maximum Gasteiger partial charge on any atom is 0.0340 e. The Bertz CT molecular complexity index is 504. The highest BCUT2D eigenvalue weighted by Crippen LogP contribution is 2.23. The normalized spacial score (nSPS) is 10.6. The Labute approximate surface area is 147 Å². The van der Waals surface area contributed by atoms with Gasteiger partial charge in [0.25, 0.3) is 0 Å². The van der Waals surface area contributed by atoms with Gasteiger partial charge in [-0.05, 0) is 48.2 Å². The number of nitrogens with one attached hydrogen (secondary N) is 2. The van der Waals surface area contributed by atoms with E-state index in [1.54, 1.807) is 0 Å². The van der Waals surface area contributed by atoms with Crippen molar-refractivity contribution in [1.82, 2.24) is 0 Å². The van der Waals surface area contributed by atoms with E-state index in [-0.39, 0.29) is 0 Å². The predicted molar refractivity (Wildman–Crippen MR) is 108 cm³/mol. The van der Waals surface area contributed by atoms with Crippen LogP contribution >= 0.6 is 0 Å². The summed E-state index contributed by atoms with van der Waals surface area (Å²) in [5.41, 5.74) is 4.96. The zero-order chi connectivity index (χ0) is 17.0. The highest BCUT2D eigenvalue weighted by molar-refractivity contribution is 5.68. The average Bonchev–Trinajstić information content (AvgIpc) is 2.64. The number of rotatable bonds is 11. The zero-order valence-electron chi connectivity index (χ0n) is 15.3. The van der Waals surface area contributed by atoms with E-state index in [2.05, 4.69) is 73.0 Å². The molecule has 0 heterocycles. The topological polar surface area (TPSA) is 24.1 Å². The van der Waals surface area contributed by atoms with Crippen LogP contribution in [-0.2, 0) is 0 Å². The molecular formula is C22H32N2. The zero-order valence-corrected chi connectivity index (χ0v) is 15.3. The SMILES string of the molecule is CCCCCNc1ccc(-c2ccc(NCCCCC)cc2)cc1. The summed E-state index contributed by atoms with van der Waals surface area (Å²) in [4.78, 5) is 0. The molecule has 0 spiro atoms. The lowest BCUT2D eigenvalue weighted by Crippen LogP contribution is -2.01. The molecule has 0 radical (unpaired) electrons. The maximum atomic E-state index is 3.49. The van der Waals surface area contributed by atoms with E-state index in [0.29, 0.717) is 0 Å². The van der Waals surface area contributed by atoms with Crippen LogP contribution in [0.1, 0.15) is 52.4 Å². The minimum Gasteiger partial charge on any atom is -0.385 e. The highest BCUT2D eigenvalue weighted by atomic mass is 14.9. The van der Waals surface area contributed by atoms with Crippen LogP contribution < -0.4 is 10.6 Å². The van der Waals surface area contributed by atoms with Crippen molar-refractivity contribution in [3.8, 4) is 11.1 Å². The fourth-order valence-electron chi connectivity index (χ4n) is 2.78. The van der Waals surface area contributed by atoms with Crippen molar-refractivity contribution >= 4 is 11.4 Å². The fraction of sp³-hybridized carbons (Fsp3) is 0.455. The summed E-state index contributed by atoms with van der Waals surface area (Å²) in [6.07, 6.45) is 7.61. The molecular weight excluding hydrogens is 292 g/mol. The van der Waals surface area contributed by atoms with E-state index in [1.807, 2.05) is 0 Å². The average molecular weight is 325 g/mol. The summed E-state index contributed by atoms with van der Waals surface area (Å²) in [5.74, 6) is 0. The second kappa shape index (κ2) is 10.7. The van der Waals surface area contributed by atoms with Crippen molar-refractivity contribution in [2.24, 2.45) is 0 Å². The van der Waals surface area contributed by atoms with Gasteiger partial charge in [0, 0.05) is 24.5 Å². The molecule has 0 aromatic heterocycles. The van der Waals surface area contributed by atoms with E-state index in [1.165, 1.54) is 61.0 Å². The molecule has 0 unspecified atom stereocenters. The van der Waals surface area contributed by atoms with E-state index in [9.17, 15) is 0 Å². The van der Waals surface area contributed by atoms with Gasteiger partial charge in [0.2, 0.25) is 0 Å². The lowest BCUT2D eigenvalue weighted by molar-refractivity contribution is 0.744. The summed E-state index contributed by atoms with van der Waals surface area (Å²) in [5, 5.41) is 6.98. The van der Waals surface area contributed by atoms with Gasteiger partial charge in [-0.2, -0.15) is 0 Å². The summed E-state index contributed by atoms with van der Waals surface area (Å²) in [6, 6.07) is 17.5. The molecule has 2 heteroatoms. The van der Waals surface area contributed by atoms with Crippen LogP contribution in [0.25, 0.3) is 11.1 Å². The van der Waals surface area contributed by atoms with Crippen LogP contribution in [0, 0.1) is 0 Å². The molecule has 130 valence electrons. The van der Waals surface area contributed by atoms with E-state index in [0.717, 1.165) is 13.1 Å². The first-order valence-electron chi connectivity index (χ1n) is 9.51. The fourth-order valence-corrected chi connectivity index (χ4v) is 2.78. The number of benzene rings is 2. The Morgan fingerprint density at radius 3 is 1.25 bits per heavy atom. The molecule has 2 aromatic carbocycles. The molecule has 0 aliphatic heterocycles. The Morgan fingerprint density at radius 1 is 0.542 bits per heavy atom. The standard InChI is InChI=1S/C22H32N2/c1-3-5-7-17-23-21-13-9-19(10-14-21)20-11-15-22(16-12-20)24-18-8-6-4-2/h9-16,23-24H,3-8,17-18H2,1-2H3. The van der Waals surface area contributed by atoms with Crippen molar-refractivity contribution in [3.05, 3.63) is 48.5 Å². The van der Waals surface area contributed by atoms with Gasteiger partial charge in [-0.15, -0.1) is 0 Å². The van der Waals surface area contributed by atoms with Crippen molar-refractivity contribution in [1.29, 1.82) is 0 Å². The second-order valence-electron chi connectivity index (χ2n) is 6.42. The molecule has 2 aromatic rings. The number of anilines is 2. The van der Waals surface area contributed by atoms with E-state index >= 15 is 0 Å². The Balaban J connectivity index is 1.84. The first-order chi connectivity index (χ1) is 11.8. The van der Waals surface area contributed by atoms with Crippen LogP contribution in [0.3, 0.4) is 0 Å². The van der Waals surface area contributed by atoms with Crippen molar-refractivity contribution in [2.45, 2.75) is 52.4 Å². The van der Waals surface area contributed by atoms with Gasteiger partial charge in [-0.25, -0.2) is 0 Å². The molecule has 24 heavy (non-hydrogen) atoms. The van der Waals surface area contributed by atoms with Gasteiger partial charge in [-0.1, -0.05) is 63.8 Å². The quantitative estimate of drug-likeness (QED) is 0.457. The minimum atomic E-state index is 1.06. The third-order valence-corrected chi connectivity index (χ3v) is 4.32. The predicted octanol–water partition coefficient (Wildman–Crippen LogP) is 6.56. The lowest BCUT2D eigenvalue weighted by atomic mass is 10.0. The minimum absolute atomic E-state index is 1.06. The van der Waals surface area contributed by atoms with Crippen LogP contribution in [0.2, 0.25) is 0 Å². The molecule has 2 rings (SSSR count). The largest absolute Gasteiger partial charge is 0.385 e. The molecule has 0 fully saturated rings. The third kappa shape index (κ3) is 6.27. The van der Waals surface area contributed by atoms with Crippen LogP contribution in [0.15, 0.2) is 48.5 Å². The molecule has 0 saturated carbocycles. The molecule has 0 bridgehead atoms. The van der Waals surface area contributed by atoms with Crippen LogP contribution in [-0.4, -0.2) is 13.1 Å². The lowest BCUT2D eigenvalue weighted by Gasteiger charge is -2.09. The third-order valence-electron chi connectivity index (χ3n) is 4.32. The first kappa shape index (κ1) is 18.4. The first-order valence-corrected chi connectivity index (χ1v) is 9.51. The maximum absolute atomic E-state index is 3.49. The Kier molecular flexibility index (Phi) is 8.23. The number of unbranched alkanes of at least 4 members (excludes halogenated alkanes) is 4. The molecule has 0 aliphatic carbocycles. The van der Waals surface area contributed by atoms with Gasteiger partial charge in [0.05, 0.1) is 0 Å². The smallest absolute Gasteiger partial charge is 0.0340 e. The van der Waals surface area contributed by atoms with Gasteiger partial charge < -0.3 is 10.6 Å². The second-order valence-corrected chi connectivity index (χ2v) is 6.42. The van der Waals surface area contributed by atoms with Gasteiger partial charge in [0.15, 0.2) is 0 Å². The van der Waals surface area contributed by atoms with Crippen molar-refractivity contribution in [3.63, 3.8) is 0 Å². The highest BCUT2D eigenvalue weighted by Gasteiger charge is 1.99. The van der Waals surface area contributed by atoms with E-state index < -0.39 is 0 Å². The summed E-state index contributed by atoms with van der Waals surface area (Å²) >= 11 is 0. The van der Waals surface area contributed by atoms with Crippen molar-refractivity contribution < 1.29 is 0 Å². The van der Waals surface area contributed by atoms with Crippen LogP contribution in [0.5, 0.6) is 0 Å². The Hall–Kier alpha value is -1.96. The molecule has 0 amide bonds. The van der Waals surface area contributed by atoms with E-state index in [4.69, 9.17) is 0 Å². The summed E-state index contributed by atoms with van der Waals surface area (Å²) < 4.78 is 0. The molecule has 2 nitrogen and oxygen atoms in total. The van der Waals surface area contributed by atoms with Crippen LogP contribution in [0.4, 0.5) is 11.4 Å². The Morgan fingerprint density at radius 2 is 0.917 bits per heavy atom. The molecule has 0 aliphatic rings. The monoisotopic (exact) mass is 324 g/mol. The molecule has 2 N–H and O–H groups in total. The van der Waals surface area contributed by atoms with Gasteiger partial charge >= 0.3 is 0 Å². The summed E-state index contributed by atoms with van der Waals surface area (Å²) in [7, 11) is 0. The van der Waals surface area contributed by atoms with Crippen molar-refractivity contribution in [2.75, 3.05) is 23.7 Å². The van der Waals surface area contributed by atoms with Gasteiger partial charge in [0.1, 0.15) is 0 Å². The number of hydrogen-bond donors (Lipinski definition) is 2.